The van der Waals surface area contributed by atoms with Gasteiger partial charge in [-0.05, 0) is 18.2 Å². The van der Waals surface area contributed by atoms with E-state index in [0.717, 1.165) is 17.6 Å². The molecule has 1 fully saturated rings. The highest BCUT2D eigenvalue weighted by Crippen LogP contribution is 2.23. The van der Waals surface area contributed by atoms with Gasteiger partial charge in [-0.15, -0.1) is 0 Å². The number of hydrogen-bond donors (Lipinski definition) is 0. The minimum Gasteiger partial charge on any atom is -0.378 e. The Kier molecular flexibility index (Phi) is 3.03. The molecule has 76 valence electrons. The van der Waals surface area contributed by atoms with Gasteiger partial charge in [0.2, 0.25) is 0 Å². The monoisotopic (exact) mass is 259 g/mol. The van der Waals surface area contributed by atoms with E-state index in [2.05, 4.69) is 15.9 Å². The van der Waals surface area contributed by atoms with E-state index in [9.17, 15) is 4.39 Å². The van der Waals surface area contributed by atoms with Gasteiger partial charge in [0.1, 0.15) is 5.82 Å². The highest BCUT2D eigenvalue weighted by Gasteiger charge is 2.14. The van der Waals surface area contributed by atoms with Crippen LogP contribution < -0.4 is 4.90 Å². The number of rotatable bonds is 1. The Labute approximate surface area is 90.8 Å². The standard InChI is InChI=1S/C10H11BrFNO/c11-8-1-2-10(9(12)7-8)13-3-5-14-6-4-13/h1-2,7H,3-6H2. The highest BCUT2D eigenvalue weighted by atomic mass is 79.9. The van der Waals surface area contributed by atoms with Gasteiger partial charge in [0.05, 0.1) is 18.9 Å². The Bertz CT molecular complexity index is 326. The fourth-order valence-corrected chi connectivity index (χ4v) is 1.88. The zero-order valence-corrected chi connectivity index (χ0v) is 9.26. The number of benzene rings is 1. The molecule has 0 spiro atoms. The topological polar surface area (TPSA) is 12.5 Å². The van der Waals surface area contributed by atoms with E-state index in [1.807, 2.05) is 11.0 Å². The average molecular weight is 260 g/mol. The van der Waals surface area contributed by atoms with Gasteiger partial charge in [-0.25, -0.2) is 4.39 Å². The van der Waals surface area contributed by atoms with Crippen LogP contribution in [-0.2, 0) is 4.74 Å². The summed E-state index contributed by atoms with van der Waals surface area (Å²) < 4.78 is 19.5. The summed E-state index contributed by atoms with van der Waals surface area (Å²) >= 11 is 3.24. The van der Waals surface area contributed by atoms with Crippen molar-refractivity contribution in [3.8, 4) is 0 Å². The van der Waals surface area contributed by atoms with E-state index < -0.39 is 0 Å². The van der Waals surface area contributed by atoms with Crippen LogP contribution in [0.5, 0.6) is 0 Å². The summed E-state index contributed by atoms with van der Waals surface area (Å²) in [6.45, 7) is 2.88. The number of morpholine rings is 1. The molecule has 1 aromatic rings. The molecule has 14 heavy (non-hydrogen) atoms. The molecule has 0 bridgehead atoms. The van der Waals surface area contributed by atoms with Gasteiger partial charge in [0.15, 0.2) is 0 Å². The van der Waals surface area contributed by atoms with Crippen molar-refractivity contribution in [2.24, 2.45) is 0 Å². The van der Waals surface area contributed by atoms with E-state index >= 15 is 0 Å². The predicted octanol–water partition coefficient (Wildman–Crippen LogP) is 2.42. The van der Waals surface area contributed by atoms with Crippen LogP contribution in [0.2, 0.25) is 0 Å². The van der Waals surface area contributed by atoms with Crippen molar-refractivity contribution in [3.05, 3.63) is 28.5 Å². The normalized spacial score (nSPS) is 17.1. The summed E-state index contributed by atoms with van der Waals surface area (Å²) in [5.74, 6) is -0.179. The molecule has 0 saturated carbocycles. The fraction of sp³-hybridized carbons (Fsp3) is 0.400. The smallest absolute Gasteiger partial charge is 0.147 e. The summed E-state index contributed by atoms with van der Waals surface area (Å²) in [5, 5.41) is 0. The Morgan fingerprint density at radius 3 is 2.64 bits per heavy atom. The molecule has 0 amide bonds. The number of ether oxygens (including phenoxy) is 1. The van der Waals surface area contributed by atoms with Crippen molar-refractivity contribution in [2.75, 3.05) is 31.2 Å². The van der Waals surface area contributed by atoms with Gasteiger partial charge in [0.25, 0.3) is 0 Å². The molecule has 0 unspecified atom stereocenters. The molecule has 2 rings (SSSR count). The zero-order chi connectivity index (χ0) is 9.97. The zero-order valence-electron chi connectivity index (χ0n) is 7.67. The maximum Gasteiger partial charge on any atom is 0.147 e. The van der Waals surface area contributed by atoms with E-state index in [0.29, 0.717) is 18.9 Å². The number of anilines is 1. The molecule has 1 heterocycles. The van der Waals surface area contributed by atoms with Crippen LogP contribution in [0.3, 0.4) is 0 Å². The van der Waals surface area contributed by atoms with Crippen LogP contribution in [0.1, 0.15) is 0 Å². The minimum absolute atomic E-state index is 0.179. The quantitative estimate of drug-likeness (QED) is 0.768. The van der Waals surface area contributed by atoms with Gasteiger partial charge >= 0.3 is 0 Å². The Hall–Kier alpha value is -0.610. The summed E-state index contributed by atoms with van der Waals surface area (Å²) in [7, 11) is 0. The van der Waals surface area contributed by atoms with Crippen LogP contribution in [-0.4, -0.2) is 26.3 Å². The number of nitrogens with zero attached hydrogens (tertiary/aromatic N) is 1. The molecule has 2 nitrogen and oxygen atoms in total. The number of hydrogen-bond acceptors (Lipinski definition) is 2. The molecule has 1 aliphatic heterocycles. The Morgan fingerprint density at radius 2 is 2.00 bits per heavy atom. The summed E-state index contributed by atoms with van der Waals surface area (Å²) in [4.78, 5) is 2.01. The average Bonchev–Trinajstić information content (AvgIpc) is 2.19. The molecule has 1 aliphatic rings. The van der Waals surface area contributed by atoms with Crippen molar-refractivity contribution in [2.45, 2.75) is 0 Å². The lowest BCUT2D eigenvalue weighted by Crippen LogP contribution is -2.36. The van der Waals surface area contributed by atoms with Gasteiger partial charge in [-0.2, -0.15) is 0 Å². The predicted molar refractivity (Wildman–Crippen MR) is 57.1 cm³/mol. The van der Waals surface area contributed by atoms with E-state index in [4.69, 9.17) is 4.74 Å². The molecule has 4 heteroatoms. The Balaban J connectivity index is 2.22. The van der Waals surface area contributed by atoms with Crippen LogP contribution in [0.15, 0.2) is 22.7 Å². The van der Waals surface area contributed by atoms with E-state index in [1.165, 1.54) is 6.07 Å². The first-order valence-corrected chi connectivity index (χ1v) is 5.34. The van der Waals surface area contributed by atoms with Crippen molar-refractivity contribution in [1.82, 2.24) is 0 Å². The molecular formula is C10H11BrFNO. The van der Waals surface area contributed by atoms with Gasteiger partial charge in [0, 0.05) is 17.6 Å². The summed E-state index contributed by atoms with van der Waals surface area (Å²) in [5.41, 5.74) is 0.663. The third kappa shape index (κ3) is 2.07. The maximum absolute atomic E-state index is 13.5. The fourth-order valence-electron chi connectivity index (χ4n) is 1.54. The van der Waals surface area contributed by atoms with E-state index in [1.54, 1.807) is 6.07 Å². The minimum atomic E-state index is -0.179. The van der Waals surface area contributed by atoms with Gasteiger partial charge in [-0.3, -0.25) is 0 Å². The highest BCUT2D eigenvalue weighted by molar-refractivity contribution is 9.10. The second-order valence-corrected chi connectivity index (χ2v) is 4.11. The molecular weight excluding hydrogens is 249 g/mol. The first-order valence-electron chi connectivity index (χ1n) is 4.55. The third-order valence-corrected chi connectivity index (χ3v) is 2.75. The molecule has 0 N–H and O–H groups in total. The first kappa shape index (κ1) is 9.93. The first-order chi connectivity index (χ1) is 6.77. The van der Waals surface area contributed by atoms with Gasteiger partial charge < -0.3 is 9.64 Å². The lowest BCUT2D eigenvalue weighted by molar-refractivity contribution is 0.122. The van der Waals surface area contributed by atoms with Gasteiger partial charge in [-0.1, -0.05) is 15.9 Å². The van der Waals surface area contributed by atoms with Crippen LogP contribution in [0.4, 0.5) is 10.1 Å². The molecule has 0 radical (unpaired) electrons. The van der Waals surface area contributed by atoms with Crippen molar-refractivity contribution < 1.29 is 9.13 Å². The second-order valence-electron chi connectivity index (χ2n) is 3.20. The summed E-state index contributed by atoms with van der Waals surface area (Å²) in [6.07, 6.45) is 0. The SMILES string of the molecule is Fc1cc(Br)ccc1N1CCOCC1. The van der Waals surface area contributed by atoms with Crippen LogP contribution >= 0.6 is 15.9 Å². The Morgan fingerprint density at radius 1 is 1.29 bits per heavy atom. The molecule has 1 saturated heterocycles. The lowest BCUT2D eigenvalue weighted by atomic mass is 10.2. The molecule has 0 atom stereocenters. The molecule has 0 aromatic heterocycles. The van der Waals surface area contributed by atoms with E-state index in [-0.39, 0.29) is 5.82 Å². The van der Waals surface area contributed by atoms with Crippen molar-refractivity contribution in [1.29, 1.82) is 0 Å². The van der Waals surface area contributed by atoms with Crippen molar-refractivity contribution in [3.63, 3.8) is 0 Å². The molecule has 1 aromatic carbocycles. The molecule has 0 aliphatic carbocycles. The summed E-state index contributed by atoms with van der Waals surface area (Å²) in [6, 6.07) is 5.14. The number of halogens is 2. The van der Waals surface area contributed by atoms with Crippen LogP contribution in [0.25, 0.3) is 0 Å². The van der Waals surface area contributed by atoms with Crippen LogP contribution in [0, 0.1) is 5.82 Å². The second kappa shape index (κ2) is 4.28. The largest absolute Gasteiger partial charge is 0.378 e. The maximum atomic E-state index is 13.5. The van der Waals surface area contributed by atoms with Crippen molar-refractivity contribution >= 4 is 21.6 Å². The lowest BCUT2D eigenvalue weighted by Gasteiger charge is -2.29. The third-order valence-electron chi connectivity index (χ3n) is 2.26.